The van der Waals surface area contributed by atoms with E-state index in [1.807, 2.05) is 13.8 Å². The van der Waals surface area contributed by atoms with Crippen molar-refractivity contribution in [2.24, 2.45) is 0 Å². The van der Waals surface area contributed by atoms with Crippen molar-refractivity contribution in [1.82, 2.24) is 4.98 Å². The van der Waals surface area contributed by atoms with E-state index in [4.69, 9.17) is 16.3 Å². The van der Waals surface area contributed by atoms with Gasteiger partial charge in [-0.05, 0) is 20.3 Å². The minimum absolute atomic E-state index is 0.152. The molecule has 0 atom stereocenters. The summed E-state index contributed by atoms with van der Waals surface area (Å²) in [6, 6.07) is 0. The van der Waals surface area contributed by atoms with E-state index in [1.165, 1.54) is 11.3 Å². The van der Waals surface area contributed by atoms with Crippen LogP contribution in [0, 0.1) is 0 Å². The van der Waals surface area contributed by atoms with Gasteiger partial charge in [0.25, 0.3) is 5.19 Å². The Bertz CT molecular complexity index is 259. The van der Waals surface area contributed by atoms with Gasteiger partial charge in [-0.3, -0.25) is 0 Å². The van der Waals surface area contributed by atoms with E-state index in [-0.39, 0.29) is 5.60 Å². The number of ether oxygens (including phenoxy) is 1. The molecule has 0 N–H and O–H groups in total. The lowest BCUT2D eigenvalue weighted by Crippen LogP contribution is -2.26. The highest BCUT2D eigenvalue weighted by atomic mass is 35.5. The van der Waals surface area contributed by atoms with Crippen molar-refractivity contribution in [1.29, 1.82) is 0 Å². The quantitative estimate of drug-likeness (QED) is 0.755. The number of thiazole rings is 1. The van der Waals surface area contributed by atoms with E-state index < -0.39 is 0 Å². The molecule has 0 aliphatic heterocycles. The van der Waals surface area contributed by atoms with E-state index in [0.717, 1.165) is 6.42 Å². The van der Waals surface area contributed by atoms with Gasteiger partial charge in [-0.15, -0.1) is 0 Å². The predicted octanol–water partition coefficient (Wildman–Crippen LogP) is 3.36. The van der Waals surface area contributed by atoms with Crippen molar-refractivity contribution >= 4 is 22.9 Å². The van der Waals surface area contributed by atoms with Crippen LogP contribution in [0.25, 0.3) is 0 Å². The molecule has 1 heterocycles. The lowest BCUT2D eigenvalue weighted by Gasteiger charge is -2.22. The topological polar surface area (TPSA) is 22.1 Å². The zero-order valence-corrected chi connectivity index (χ0v) is 9.00. The van der Waals surface area contributed by atoms with Crippen LogP contribution in [-0.2, 0) is 0 Å². The molecule has 1 rings (SSSR count). The third-order valence-electron chi connectivity index (χ3n) is 1.67. The van der Waals surface area contributed by atoms with Crippen molar-refractivity contribution < 1.29 is 4.74 Å². The van der Waals surface area contributed by atoms with Gasteiger partial charge in [-0.1, -0.05) is 29.9 Å². The minimum atomic E-state index is -0.152. The monoisotopic (exact) mass is 205 g/mol. The van der Waals surface area contributed by atoms with Crippen LogP contribution < -0.4 is 4.74 Å². The Morgan fingerprint density at radius 1 is 1.67 bits per heavy atom. The van der Waals surface area contributed by atoms with E-state index in [9.17, 15) is 0 Å². The zero-order valence-electron chi connectivity index (χ0n) is 7.43. The first-order chi connectivity index (χ1) is 5.53. The Labute approximate surface area is 81.5 Å². The van der Waals surface area contributed by atoms with Crippen molar-refractivity contribution in [3.05, 3.63) is 10.5 Å². The molecule has 0 aromatic carbocycles. The fourth-order valence-corrected chi connectivity index (χ4v) is 1.53. The van der Waals surface area contributed by atoms with Gasteiger partial charge in [-0.2, -0.15) is 4.98 Å². The average molecular weight is 206 g/mol. The maximum atomic E-state index is 5.65. The lowest BCUT2D eigenvalue weighted by molar-refractivity contribution is 0.105. The molecule has 0 fully saturated rings. The summed E-state index contributed by atoms with van der Waals surface area (Å²) in [5.41, 5.74) is -0.152. The van der Waals surface area contributed by atoms with Crippen LogP contribution in [0.3, 0.4) is 0 Å². The van der Waals surface area contributed by atoms with E-state index in [2.05, 4.69) is 11.9 Å². The molecular formula is C8H12ClNOS. The summed E-state index contributed by atoms with van der Waals surface area (Å²) < 4.78 is 5.59. The molecule has 0 amide bonds. The lowest BCUT2D eigenvalue weighted by atomic mass is 10.1. The Morgan fingerprint density at radius 2 is 2.33 bits per heavy atom. The van der Waals surface area contributed by atoms with Gasteiger partial charge in [0.15, 0.2) is 0 Å². The van der Waals surface area contributed by atoms with Crippen LogP contribution in [0.2, 0.25) is 5.15 Å². The third kappa shape index (κ3) is 2.64. The average Bonchev–Trinajstić information content (AvgIpc) is 2.35. The van der Waals surface area contributed by atoms with Gasteiger partial charge in [0, 0.05) is 5.38 Å². The standard InChI is InChI=1S/C8H12ClNOS/c1-4-8(2,3)11-7-10-6(9)5-12-7/h5H,4H2,1-3H3. The maximum Gasteiger partial charge on any atom is 0.275 e. The SMILES string of the molecule is CCC(C)(C)Oc1nc(Cl)cs1. The number of hydrogen-bond acceptors (Lipinski definition) is 3. The molecule has 12 heavy (non-hydrogen) atoms. The van der Waals surface area contributed by atoms with Crippen LogP contribution in [-0.4, -0.2) is 10.6 Å². The second kappa shape index (κ2) is 3.62. The van der Waals surface area contributed by atoms with Crippen molar-refractivity contribution in [2.75, 3.05) is 0 Å². The molecule has 0 radical (unpaired) electrons. The fourth-order valence-electron chi connectivity index (χ4n) is 0.594. The largest absolute Gasteiger partial charge is 0.464 e. The van der Waals surface area contributed by atoms with E-state index >= 15 is 0 Å². The molecule has 2 nitrogen and oxygen atoms in total. The molecule has 0 saturated carbocycles. The van der Waals surface area contributed by atoms with Crippen LogP contribution >= 0.6 is 22.9 Å². The highest BCUT2D eigenvalue weighted by Gasteiger charge is 2.18. The molecular weight excluding hydrogens is 194 g/mol. The Hall–Kier alpha value is -0.280. The Morgan fingerprint density at radius 3 is 2.75 bits per heavy atom. The molecule has 0 spiro atoms. The van der Waals surface area contributed by atoms with Crippen LogP contribution in [0.4, 0.5) is 0 Å². The minimum Gasteiger partial charge on any atom is -0.464 e. The molecule has 1 aromatic rings. The zero-order chi connectivity index (χ0) is 9.19. The summed E-state index contributed by atoms with van der Waals surface area (Å²) in [6.45, 7) is 6.14. The molecule has 0 unspecified atom stereocenters. The van der Waals surface area contributed by atoms with Gasteiger partial charge in [-0.25, -0.2) is 0 Å². The van der Waals surface area contributed by atoms with Gasteiger partial charge >= 0.3 is 0 Å². The molecule has 0 saturated heterocycles. The first kappa shape index (κ1) is 9.81. The van der Waals surface area contributed by atoms with E-state index in [1.54, 1.807) is 5.38 Å². The van der Waals surface area contributed by atoms with Gasteiger partial charge in [0.05, 0.1) is 0 Å². The first-order valence-electron chi connectivity index (χ1n) is 3.83. The number of nitrogens with zero attached hydrogens (tertiary/aromatic N) is 1. The first-order valence-corrected chi connectivity index (χ1v) is 5.09. The summed E-state index contributed by atoms with van der Waals surface area (Å²) in [6.07, 6.45) is 0.949. The Kier molecular flexibility index (Phi) is 2.96. The summed E-state index contributed by atoms with van der Waals surface area (Å²) in [4.78, 5) is 4.01. The van der Waals surface area contributed by atoms with Crippen molar-refractivity contribution in [2.45, 2.75) is 32.8 Å². The number of hydrogen-bond donors (Lipinski definition) is 0. The predicted molar refractivity (Wildman–Crippen MR) is 52.1 cm³/mol. The number of aromatic nitrogens is 1. The molecule has 4 heteroatoms. The summed E-state index contributed by atoms with van der Waals surface area (Å²) in [5, 5.41) is 2.91. The van der Waals surface area contributed by atoms with E-state index in [0.29, 0.717) is 10.3 Å². The Balaban J connectivity index is 2.63. The highest BCUT2D eigenvalue weighted by molar-refractivity contribution is 7.11. The maximum absolute atomic E-state index is 5.65. The smallest absolute Gasteiger partial charge is 0.275 e. The summed E-state index contributed by atoms with van der Waals surface area (Å²) in [7, 11) is 0. The number of rotatable bonds is 3. The van der Waals surface area contributed by atoms with Gasteiger partial charge < -0.3 is 4.74 Å². The number of halogens is 1. The van der Waals surface area contributed by atoms with Gasteiger partial charge in [0.1, 0.15) is 10.8 Å². The summed E-state index contributed by atoms with van der Waals surface area (Å²) >= 11 is 7.08. The normalized spacial score (nSPS) is 11.7. The van der Waals surface area contributed by atoms with Crippen LogP contribution in [0.15, 0.2) is 5.38 Å². The van der Waals surface area contributed by atoms with Crippen LogP contribution in [0.1, 0.15) is 27.2 Å². The summed E-state index contributed by atoms with van der Waals surface area (Å²) in [5.74, 6) is 0. The van der Waals surface area contributed by atoms with Crippen molar-refractivity contribution in [3.63, 3.8) is 0 Å². The molecule has 68 valence electrons. The molecule has 0 aliphatic rings. The van der Waals surface area contributed by atoms with Crippen molar-refractivity contribution in [3.8, 4) is 5.19 Å². The second-order valence-electron chi connectivity index (χ2n) is 3.15. The van der Waals surface area contributed by atoms with Crippen LogP contribution in [0.5, 0.6) is 5.19 Å². The molecule has 0 aliphatic carbocycles. The fraction of sp³-hybridized carbons (Fsp3) is 0.625. The molecule has 0 bridgehead atoms. The van der Waals surface area contributed by atoms with Gasteiger partial charge in [0.2, 0.25) is 0 Å². The highest BCUT2D eigenvalue weighted by Crippen LogP contribution is 2.26. The second-order valence-corrected chi connectivity index (χ2v) is 4.36. The third-order valence-corrected chi connectivity index (χ3v) is 2.71. The molecule has 1 aromatic heterocycles.